The van der Waals surface area contributed by atoms with Crippen LogP contribution in [0.15, 0.2) is 9.59 Å². The summed E-state index contributed by atoms with van der Waals surface area (Å²) in [5.41, 5.74) is 0.120. The van der Waals surface area contributed by atoms with Crippen molar-refractivity contribution >= 4 is 24.3 Å². The lowest BCUT2D eigenvalue weighted by Gasteiger charge is -2.23. The smallest absolute Gasteiger partial charge is 0.293 e. The van der Waals surface area contributed by atoms with Gasteiger partial charge in [-0.05, 0) is 83.8 Å². The third-order valence-electron chi connectivity index (χ3n) is 12.4. The second-order valence-electron chi connectivity index (χ2n) is 18.1. The highest BCUT2D eigenvalue weighted by Gasteiger charge is 2.19. The molecule has 9 heteroatoms. The number of unbranched alkanes of at least 4 members (excludes halogenated alkanes) is 25. The van der Waals surface area contributed by atoms with E-state index in [-0.39, 0.29) is 17.6 Å². The van der Waals surface area contributed by atoms with Gasteiger partial charge in [0.2, 0.25) is 0 Å². The van der Waals surface area contributed by atoms with E-state index in [0.717, 1.165) is 45.2 Å². The summed E-state index contributed by atoms with van der Waals surface area (Å²) in [6.07, 6.45) is 44.9. The second-order valence-corrected chi connectivity index (χ2v) is 18.1. The van der Waals surface area contributed by atoms with E-state index in [2.05, 4.69) is 57.1 Å². The number of nitrogens with one attached hydrogen (secondary N) is 2. The van der Waals surface area contributed by atoms with Gasteiger partial charge in [0, 0.05) is 13.6 Å². The maximum absolute atomic E-state index is 11.6. The molecule has 0 heterocycles. The Bertz CT molecular complexity index is 1120. The number of hydrogen-bond donors (Lipinski definition) is 2. The highest BCUT2D eigenvalue weighted by molar-refractivity contribution is 5.73. The molecule has 1 atom stereocenters. The fourth-order valence-electron chi connectivity index (χ4n) is 8.14. The Balaban J connectivity index is 0. The molecular weight excluding hydrogens is 787 g/mol. The zero-order valence-electron chi connectivity index (χ0n) is 42.8. The molecule has 0 aromatic heterocycles. The van der Waals surface area contributed by atoms with Gasteiger partial charge >= 0.3 is 0 Å². The molecule has 2 N–H and O–H groups in total. The van der Waals surface area contributed by atoms with Crippen LogP contribution < -0.4 is 21.5 Å². The molecule has 0 saturated heterocycles. The third kappa shape index (κ3) is 39.7. The van der Waals surface area contributed by atoms with Gasteiger partial charge in [-0.15, -0.1) is 0 Å². The van der Waals surface area contributed by atoms with E-state index in [0.29, 0.717) is 24.3 Å². The molecule has 0 fully saturated rings. The summed E-state index contributed by atoms with van der Waals surface area (Å²) in [4.78, 5) is 46.4. The van der Waals surface area contributed by atoms with Crippen LogP contribution in [0.3, 0.4) is 0 Å². The van der Waals surface area contributed by atoms with Gasteiger partial charge in [0.05, 0.1) is 0 Å². The van der Waals surface area contributed by atoms with Crippen LogP contribution in [0.1, 0.15) is 266 Å². The maximum Gasteiger partial charge on any atom is 0.293 e. The number of rotatable bonds is 46. The van der Waals surface area contributed by atoms with Gasteiger partial charge in [-0.1, -0.05) is 202 Å². The highest BCUT2D eigenvalue weighted by atomic mass is 16.5. The monoisotopic (exact) mass is 892 g/mol. The van der Waals surface area contributed by atoms with Gasteiger partial charge in [0.1, 0.15) is 23.6 Å². The number of nitrogens with zero attached hydrogens (tertiary/aromatic N) is 1. The standard InChI is InChI=1S/C24H45N3O2.C18H36O2.C12H24O2/c1-4-6-8-10-12-14-18-27(19-15-13-11-9-7-5-2)20-16-17-26-22-21(25-3)23(28)24(22)29;1-3-5-7-9-11-13-15-18(20-17-19)16-14-12-10-8-6-4-2;1-3-5-6-7-8-9-10-12(4-2)14-11-13/h25-26H,4-20H2,1-3H3;17-18H,3-16H2,1-2H3;11-12H,3-10H2,1-2H3. The van der Waals surface area contributed by atoms with Crippen molar-refractivity contribution in [1.82, 2.24) is 4.90 Å². The van der Waals surface area contributed by atoms with Gasteiger partial charge in [0.15, 0.2) is 0 Å². The van der Waals surface area contributed by atoms with E-state index in [4.69, 9.17) is 9.47 Å². The lowest BCUT2D eigenvalue weighted by molar-refractivity contribution is -0.135. The van der Waals surface area contributed by atoms with E-state index in [1.54, 1.807) is 7.05 Å². The summed E-state index contributed by atoms with van der Waals surface area (Å²) < 4.78 is 10.2. The number of carbonyl (C=O) groups excluding carboxylic acids is 2. The van der Waals surface area contributed by atoms with Crippen molar-refractivity contribution in [2.75, 3.05) is 43.9 Å². The SMILES string of the molecule is CCCCCCCCC(CC)OC=O.CCCCCCCCC(CCCCCCCC)OC=O.CCCCCCCCN(CCCCCCCC)CCCNc1c(NC)c(=O)c1=O. The quantitative estimate of drug-likeness (QED) is 0.0375. The summed E-state index contributed by atoms with van der Waals surface area (Å²) >= 11 is 0. The van der Waals surface area contributed by atoms with Crippen molar-refractivity contribution in [3.05, 3.63) is 20.4 Å². The zero-order chi connectivity index (χ0) is 46.9. The largest absolute Gasteiger partial charge is 0.465 e. The molecule has 1 aromatic carbocycles. The summed E-state index contributed by atoms with van der Waals surface area (Å²) in [6, 6.07) is 0. The topological polar surface area (TPSA) is 114 Å². The van der Waals surface area contributed by atoms with Gasteiger partial charge in [-0.3, -0.25) is 19.2 Å². The molecule has 0 aliphatic carbocycles. The number of anilines is 2. The minimum absolute atomic E-state index is 0.152. The lowest BCUT2D eigenvalue weighted by Crippen LogP contribution is -2.37. The van der Waals surface area contributed by atoms with Gasteiger partial charge in [0.25, 0.3) is 23.8 Å². The zero-order valence-corrected chi connectivity index (χ0v) is 42.8. The van der Waals surface area contributed by atoms with E-state index in [9.17, 15) is 19.2 Å². The van der Waals surface area contributed by atoms with E-state index < -0.39 is 5.43 Å². The van der Waals surface area contributed by atoms with Crippen LogP contribution in [-0.4, -0.2) is 63.3 Å². The highest BCUT2D eigenvalue weighted by Crippen LogP contribution is 2.17. The normalized spacial score (nSPS) is 11.5. The first kappa shape index (κ1) is 62.7. The second kappa shape index (κ2) is 50.6. The number of ether oxygens (including phenoxy) is 2. The first-order valence-corrected chi connectivity index (χ1v) is 27.0. The van der Waals surface area contributed by atoms with E-state index >= 15 is 0 Å². The van der Waals surface area contributed by atoms with Crippen LogP contribution >= 0.6 is 0 Å². The third-order valence-corrected chi connectivity index (χ3v) is 12.4. The van der Waals surface area contributed by atoms with Crippen molar-refractivity contribution in [1.29, 1.82) is 0 Å². The van der Waals surface area contributed by atoms with Crippen LogP contribution in [0.4, 0.5) is 11.4 Å². The minimum Gasteiger partial charge on any atom is -0.465 e. The average Bonchev–Trinajstić information content (AvgIpc) is 3.29. The van der Waals surface area contributed by atoms with E-state index in [1.807, 2.05) is 0 Å². The fraction of sp³-hybridized carbons (Fsp3) is 0.889. The molecule has 63 heavy (non-hydrogen) atoms. The van der Waals surface area contributed by atoms with Crippen molar-refractivity contribution in [3.63, 3.8) is 0 Å². The van der Waals surface area contributed by atoms with Crippen molar-refractivity contribution in [2.45, 2.75) is 278 Å². The molecule has 0 amide bonds. The van der Waals surface area contributed by atoms with Gasteiger partial charge in [-0.2, -0.15) is 0 Å². The van der Waals surface area contributed by atoms with Crippen LogP contribution in [0.2, 0.25) is 0 Å². The Labute approximate surface area is 389 Å². The minimum atomic E-state index is -0.400. The van der Waals surface area contributed by atoms with Crippen LogP contribution in [0, 0.1) is 0 Å². The number of carbonyl (C=O) groups is 2. The predicted octanol–water partition coefficient (Wildman–Crippen LogP) is 14.9. The van der Waals surface area contributed by atoms with Crippen LogP contribution in [0.25, 0.3) is 0 Å². The molecule has 0 spiro atoms. The average molecular weight is 892 g/mol. The Morgan fingerprint density at radius 3 is 1.11 bits per heavy atom. The lowest BCUT2D eigenvalue weighted by atomic mass is 10.0. The molecule has 0 radical (unpaired) electrons. The molecule has 372 valence electrons. The molecule has 1 aromatic rings. The maximum atomic E-state index is 11.6. The Morgan fingerprint density at radius 2 is 0.746 bits per heavy atom. The van der Waals surface area contributed by atoms with Crippen LogP contribution in [0.5, 0.6) is 0 Å². The molecule has 9 nitrogen and oxygen atoms in total. The number of hydrogen-bond acceptors (Lipinski definition) is 9. The Hall–Kier alpha value is -2.42. The fourth-order valence-corrected chi connectivity index (χ4v) is 8.14. The van der Waals surface area contributed by atoms with Crippen molar-refractivity contribution in [3.8, 4) is 0 Å². The predicted molar refractivity (Wildman–Crippen MR) is 273 cm³/mol. The van der Waals surface area contributed by atoms with Crippen LogP contribution in [-0.2, 0) is 19.1 Å². The molecule has 1 unspecified atom stereocenters. The molecular formula is C54H105N3O6. The first-order chi connectivity index (χ1) is 30.8. The Kier molecular flexibility index (Phi) is 50.3. The molecule has 1 rings (SSSR count). The summed E-state index contributed by atoms with van der Waals surface area (Å²) in [5, 5.41) is 5.97. The van der Waals surface area contributed by atoms with Crippen molar-refractivity contribution < 1.29 is 19.1 Å². The first-order valence-electron chi connectivity index (χ1n) is 27.0. The van der Waals surface area contributed by atoms with Gasteiger partial charge in [-0.25, -0.2) is 0 Å². The summed E-state index contributed by atoms with van der Waals surface area (Å²) in [7, 11) is 1.68. The molecule has 0 saturated carbocycles. The molecule has 0 bridgehead atoms. The van der Waals surface area contributed by atoms with E-state index in [1.165, 1.54) is 206 Å². The van der Waals surface area contributed by atoms with Crippen molar-refractivity contribution in [2.24, 2.45) is 0 Å². The summed E-state index contributed by atoms with van der Waals surface area (Å²) in [6.45, 7) is 18.7. The van der Waals surface area contributed by atoms with Gasteiger partial charge < -0.3 is 25.0 Å². The molecule has 0 aliphatic heterocycles. The molecule has 0 aliphatic rings. The summed E-state index contributed by atoms with van der Waals surface area (Å²) in [5.74, 6) is 0. The Morgan fingerprint density at radius 1 is 0.429 bits per heavy atom.